The summed E-state index contributed by atoms with van der Waals surface area (Å²) in [5.41, 5.74) is 2.40. The van der Waals surface area contributed by atoms with Crippen LogP contribution < -0.4 is 5.32 Å². The molecule has 0 heterocycles. The van der Waals surface area contributed by atoms with Gasteiger partial charge in [0.1, 0.15) is 5.75 Å². The van der Waals surface area contributed by atoms with Crippen LogP contribution in [0.5, 0.6) is 5.75 Å². The molecule has 0 bridgehead atoms. The molecule has 0 aliphatic rings. The van der Waals surface area contributed by atoms with Crippen LogP contribution in [0.25, 0.3) is 0 Å². The fourth-order valence-electron chi connectivity index (χ4n) is 2.39. The molecule has 2 aromatic carbocycles. The average molecular weight is 304 g/mol. The number of hydrogen-bond donors (Lipinski definition) is 2. The van der Waals surface area contributed by atoms with Crippen LogP contribution in [0.15, 0.2) is 48.5 Å². The van der Waals surface area contributed by atoms with Gasteiger partial charge >= 0.3 is 0 Å². The molecule has 112 valence electrons. The monoisotopic (exact) mass is 303 g/mol. The van der Waals surface area contributed by atoms with Gasteiger partial charge in [0.15, 0.2) is 0 Å². The SMILES string of the molecule is CC(C)NCC(Cc1cccc(O)c1)c1ccc(Cl)cc1. The van der Waals surface area contributed by atoms with E-state index in [-0.39, 0.29) is 0 Å². The molecule has 1 atom stereocenters. The van der Waals surface area contributed by atoms with E-state index in [1.165, 1.54) is 5.56 Å². The average Bonchev–Trinajstić information content (AvgIpc) is 2.44. The second kappa shape index (κ2) is 7.48. The first-order chi connectivity index (χ1) is 10.0. The number of phenolic OH excluding ortho intramolecular Hbond substituents is 1. The molecule has 0 radical (unpaired) electrons. The summed E-state index contributed by atoms with van der Waals surface area (Å²) in [5.74, 6) is 0.672. The van der Waals surface area contributed by atoms with E-state index >= 15 is 0 Å². The van der Waals surface area contributed by atoms with E-state index in [4.69, 9.17) is 11.6 Å². The van der Waals surface area contributed by atoms with Gasteiger partial charge in [-0.25, -0.2) is 0 Å². The molecule has 0 aromatic heterocycles. The molecule has 0 fully saturated rings. The highest BCUT2D eigenvalue weighted by Crippen LogP contribution is 2.24. The molecule has 0 saturated carbocycles. The van der Waals surface area contributed by atoms with E-state index in [2.05, 4.69) is 37.4 Å². The number of hydrogen-bond acceptors (Lipinski definition) is 2. The normalized spacial score (nSPS) is 12.6. The molecule has 21 heavy (non-hydrogen) atoms. The first kappa shape index (κ1) is 15.9. The maximum atomic E-state index is 9.62. The van der Waals surface area contributed by atoms with Crippen molar-refractivity contribution in [2.45, 2.75) is 32.2 Å². The van der Waals surface area contributed by atoms with Gasteiger partial charge in [-0.05, 0) is 41.8 Å². The zero-order chi connectivity index (χ0) is 15.2. The summed E-state index contributed by atoms with van der Waals surface area (Å²) in [6.07, 6.45) is 0.885. The summed E-state index contributed by atoms with van der Waals surface area (Å²) in [6, 6.07) is 16.0. The van der Waals surface area contributed by atoms with E-state index in [1.807, 2.05) is 24.3 Å². The third-order valence-corrected chi connectivity index (χ3v) is 3.76. The van der Waals surface area contributed by atoms with Crippen molar-refractivity contribution in [3.8, 4) is 5.75 Å². The van der Waals surface area contributed by atoms with Gasteiger partial charge in [-0.3, -0.25) is 0 Å². The van der Waals surface area contributed by atoms with Crippen molar-refractivity contribution >= 4 is 11.6 Å². The Morgan fingerprint density at radius 1 is 1.10 bits per heavy atom. The molecule has 0 aliphatic carbocycles. The number of phenols is 1. The maximum absolute atomic E-state index is 9.62. The Morgan fingerprint density at radius 3 is 2.43 bits per heavy atom. The number of halogens is 1. The van der Waals surface area contributed by atoms with Crippen molar-refractivity contribution in [1.29, 1.82) is 0 Å². The summed E-state index contributed by atoms with van der Waals surface area (Å²) in [6.45, 7) is 5.19. The lowest BCUT2D eigenvalue weighted by Gasteiger charge is -2.20. The first-order valence-corrected chi connectivity index (χ1v) is 7.69. The standard InChI is InChI=1S/C18H22ClNO/c1-13(2)20-12-16(15-6-8-17(19)9-7-15)10-14-4-3-5-18(21)11-14/h3-9,11,13,16,20-21H,10,12H2,1-2H3. The molecule has 2 aromatic rings. The van der Waals surface area contributed by atoms with Gasteiger partial charge in [0.05, 0.1) is 0 Å². The molecular weight excluding hydrogens is 282 g/mol. The lowest BCUT2D eigenvalue weighted by Crippen LogP contribution is -2.28. The van der Waals surface area contributed by atoms with E-state index in [9.17, 15) is 5.11 Å². The molecule has 0 saturated heterocycles. The molecule has 0 amide bonds. The zero-order valence-corrected chi connectivity index (χ0v) is 13.3. The second-order valence-corrected chi connectivity index (χ2v) is 6.12. The molecule has 0 aliphatic heterocycles. The van der Waals surface area contributed by atoms with Gasteiger partial charge in [-0.1, -0.05) is 49.7 Å². The molecule has 2 nitrogen and oxygen atoms in total. The van der Waals surface area contributed by atoms with Crippen molar-refractivity contribution in [2.75, 3.05) is 6.54 Å². The van der Waals surface area contributed by atoms with Gasteiger partial charge in [-0.15, -0.1) is 0 Å². The lowest BCUT2D eigenvalue weighted by atomic mass is 9.91. The van der Waals surface area contributed by atoms with Gasteiger partial charge in [0.25, 0.3) is 0 Å². The van der Waals surface area contributed by atoms with Gasteiger partial charge < -0.3 is 10.4 Å². The summed E-state index contributed by atoms with van der Waals surface area (Å²) in [7, 11) is 0. The van der Waals surface area contributed by atoms with Crippen molar-refractivity contribution in [1.82, 2.24) is 5.32 Å². The third kappa shape index (κ3) is 5.07. The third-order valence-electron chi connectivity index (χ3n) is 3.51. The Bertz CT molecular complexity index is 566. The Labute approximate surface area is 131 Å². The lowest BCUT2D eigenvalue weighted by molar-refractivity contribution is 0.473. The van der Waals surface area contributed by atoms with E-state index in [0.29, 0.717) is 17.7 Å². The molecule has 0 spiro atoms. The summed E-state index contributed by atoms with van der Waals surface area (Å²) in [5, 5.41) is 13.9. The predicted octanol–water partition coefficient (Wildman–Crippen LogP) is 4.37. The fourth-order valence-corrected chi connectivity index (χ4v) is 2.51. The van der Waals surface area contributed by atoms with Crippen molar-refractivity contribution in [3.05, 3.63) is 64.7 Å². The second-order valence-electron chi connectivity index (χ2n) is 5.69. The minimum Gasteiger partial charge on any atom is -0.508 e. The Morgan fingerprint density at radius 2 is 1.81 bits per heavy atom. The van der Waals surface area contributed by atoms with Crippen molar-refractivity contribution in [3.63, 3.8) is 0 Å². The predicted molar refractivity (Wildman–Crippen MR) is 89.1 cm³/mol. The molecule has 1 unspecified atom stereocenters. The molecule has 2 rings (SSSR count). The topological polar surface area (TPSA) is 32.3 Å². The summed E-state index contributed by atoms with van der Waals surface area (Å²) >= 11 is 5.98. The number of aromatic hydroxyl groups is 1. The minimum atomic E-state index is 0.319. The molecular formula is C18H22ClNO. The van der Waals surface area contributed by atoms with Crippen LogP contribution in [0.3, 0.4) is 0 Å². The highest BCUT2D eigenvalue weighted by Gasteiger charge is 2.13. The van der Waals surface area contributed by atoms with Crippen LogP contribution in [0.2, 0.25) is 5.02 Å². The largest absolute Gasteiger partial charge is 0.508 e. The minimum absolute atomic E-state index is 0.319. The zero-order valence-electron chi connectivity index (χ0n) is 12.5. The van der Waals surface area contributed by atoms with Crippen LogP contribution in [0, 0.1) is 0 Å². The maximum Gasteiger partial charge on any atom is 0.115 e. The van der Waals surface area contributed by atoms with Crippen LogP contribution in [0.4, 0.5) is 0 Å². The van der Waals surface area contributed by atoms with Crippen molar-refractivity contribution in [2.24, 2.45) is 0 Å². The highest BCUT2D eigenvalue weighted by atomic mass is 35.5. The van der Waals surface area contributed by atoms with Crippen LogP contribution >= 0.6 is 11.6 Å². The van der Waals surface area contributed by atoms with Gasteiger partial charge in [0, 0.05) is 23.5 Å². The Hall–Kier alpha value is -1.51. The van der Waals surface area contributed by atoms with E-state index in [1.54, 1.807) is 6.07 Å². The quantitative estimate of drug-likeness (QED) is 0.830. The highest BCUT2D eigenvalue weighted by molar-refractivity contribution is 6.30. The Balaban J connectivity index is 2.17. The van der Waals surface area contributed by atoms with E-state index in [0.717, 1.165) is 23.6 Å². The smallest absolute Gasteiger partial charge is 0.115 e. The summed E-state index contributed by atoms with van der Waals surface area (Å²) in [4.78, 5) is 0. The summed E-state index contributed by atoms with van der Waals surface area (Å²) < 4.78 is 0. The number of rotatable bonds is 6. The van der Waals surface area contributed by atoms with E-state index < -0.39 is 0 Å². The number of nitrogens with one attached hydrogen (secondary N) is 1. The Kier molecular flexibility index (Phi) is 5.66. The number of benzene rings is 2. The molecule has 2 N–H and O–H groups in total. The first-order valence-electron chi connectivity index (χ1n) is 7.31. The van der Waals surface area contributed by atoms with Crippen LogP contribution in [-0.2, 0) is 6.42 Å². The molecule has 3 heteroatoms. The van der Waals surface area contributed by atoms with Crippen LogP contribution in [-0.4, -0.2) is 17.7 Å². The van der Waals surface area contributed by atoms with Gasteiger partial charge in [0.2, 0.25) is 0 Å². The fraction of sp³-hybridized carbons (Fsp3) is 0.333. The van der Waals surface area contributed by atoms with Crippen LogP contribution in [0.1, 0.15) is 30.9 Å². The van der Waals surface area contributed by atoms with Gasteiger partial charge in [-0.2, -0.15) is 0 Å². The van der Waals surface area contributed by atoms with Crippen molar-refractivity contribution < 1.29 is 5.11 Å².